The molecule has 1 aromatic heterocycles. The Bertz CT molecular complexity index is 1420. The summed E-state index contributed by atoms with van der Waals surface area (Å²) >= 11 is 6.10. The average Bonchev–Trinajstić information content (AvgIpc) is 3.22. The summed E-state index contributed by atoms with van der Waals surface area (Å²) in [6.45, 7) is 4.59. The van der Waals surface area contributed by atoms with Crippen molar-refractivity contribution >= 4 is 33.5 Å². The zero-order valence-corrected chi connectivity index (χ0v) is 17.0. The fourth-order valence-corrected chi connectivity index (χ4v) is 5.02. The van der Waals surface area contributed by atoms with Gasteiger partial charge in [-0.15, -0.1) is 0 Å². The molecule has 0 spiro atoms. The smallest absolute Gasteiger partial charge is 0.143 e. The first-order valence-electron chi connectivity index (χ1n) is 9.90. The van der Waals surface area contributed by atoms with E-state index in [-0.39, 0.29) is 5.41 Å². The molecule has 0 bridgehead atoms. The van der Waals surface area contributed by atoms with Gasteiger partial charge in [0.25, 0.3) is 0 Å². The minimum atomic E-state index is -0.0297. The van der Waals surface area contributed by atoms with Crippen LogP contribution in [0.25, 0.3) is 44.2 Å². The predicted octanol–water partition coefficient (Wildman–Crippen LogP) is 8.21. The minimum Gasteiger partial charge on any atom is -0.455 e. The van der Waals surface area contributed by atoms with Crippen LogP contribution in [-0.4, -0.2) is 0 Å². The lowest BCUT2D eigenvalue weighted by atomic mass is 9.82. The van der Waals surface area contributed by atoms with Crippen LogP contribution in [0.2, 0.25) is 5.02 Å². The Kier molecular flexibility index (Phi) is 3.34. The highest BCUT2D eigenvalue weighted by molar-refractivity contribution is 6.30. The van der Waals surface area contributed by atoms with Gasteiger partial charge in [-0.05, 0) is 34.4 Å². The van der Waals surface area contributed by atoms with Crippen molar-refractivity contribution in [3.8, 4) is 22.3 Å². The van der Waals surface area contributed by atoms with E-state index >= 15 is 0 Å². The molecule has 0 saturated carbocycles. The van der Waals surface area contributed by atoms with Gasteiger partial charge in [-0.1, -0.05) is 92.2 Å². The van der Waals surface area contributed by atoms with Gasteiger partial charge in [0.15, 0.2) is 0 Å². The van der Waals surface area contributed by atoms with Crippen LogP contribution in [0, 0.1) is 0 Å². The van der Waals surface area contributed by atoms with E-state index in [0.29, 0.717) is 0 Å². The molecule has 5 aromatic rings. The van der Waals surface area contributed by atoms with Gasteiger partial charge >= 0.3 is 0 Å². The number of benzene rings is 4. The first-order chi connectivity index (χ1) is 14.1. The zero-order valence-electron chi connectivity index (χ0n) is 16.3. The Labute approximate surface area is 174 Å². The highest BCUT2D eigenvalue weighted by atomic mass is 35.5. The van der Waals surface area contributed by atoms with E-state index in [4.69, 9.17) is 16.0 Å². The van der Waals surface area contributed by atoms with Gasteiger partial charge in [0.1, 0.15) is 11.2 Å². The number of para-hydroxylation sites is 1. The van der Waals surface area contributed by atoms with Crippen molar-refractivity contribution in [1.29, 1.82) is 0 Å². The molecule has 0 saturated heterocycles. The molecule has 0 fully saturated rings. The lowest BCUT2D eigenvalue weighted by Crippen LogP contribution is -2.14. The van der Waals surface area contributed by atoms with E-state index in [2.05, 4.69) is 68.4 Å². The lowest BCUT2D eigenvalue weighted by molar-refractivity contribution is 0.653. The van der Waals surface area contributed by atoms with Crippen molar-refractivity contribution in [2.24, 2.45) is 0 Å². The second kappa shape index (κ2) is 5.75. The molecule has 1 aliphatic rings. The van der Waals surface area contributed by atoms with Gasteiger partial charge in [0.2, 0.25) is 0 Å². The highest BCUT2D eigenvalue weighted by Crippen LogP contribution is 2.52. The fraction of sp³-hybridized carbons (Fsp3) is 0.111. The molecule has 6 rings (SSSR count). The monoisotopic (exact) mass is 394 g/mol. The number of furan rings is 1. The van der Waals surface area contributed by atoms with E-state index in [1.54, 1.807) is 0 Å². The van der Waals surface area contributed by atoms with Crippen molar-refractivity contribution in [3.05, 3.63) is 95.0 Å². The molecule has 0 unspecified atom stereocenters. The molecule has 0 radical (unpaired) electrons. The Morgan fingerprint density at radius 1 is 0.655 bits per heavy atom. The van der Waals surface area contributed by atoms with E-state index in [0.717, 1.165) is 32.7 Å². The molecule has 0 N–H and O–H groups in total. The molecule has 0 aliphatic heterocycles. The fourth-order valence-electron chi connectivity index (χ4n) is 4.90. The van der Waals surface area contributed by atoms with E-state index in [1.165, 1.54) is 27.6 Å². The number of hydrogen-bond donors (Lipinski definition) is 0. The molecular formula is C27H19ClO. The quantitative estimate of drug-likeness (QED) is 0.279. The Balaban J connectivity index is 1.72. The minimum absolute atomic E-state index is 0.0297. The lowest BCUT2D eigenvalue weighted by Gasteiger charge is -2.21. The molecule has 2 heteroatoms. The molecule has 1 aliphatic carbocycles. The maximum Gasteiger partial charge on any atom is 0.143 e. The van der Waals surface area contributed by atoms with Gasteiger partial charge in [-0.25, -0.2) is 0 Å². The van der Waals surface area contributed by atoms with Crippen molar-refractivity contribution in [2.75, 3.05) is 0 Å². The Morgan fingerprint density at radius 3 is 2.21 bits per heavy atom. The molecule has 4 aromatic carbocycles. The Hall–Kier alpha value is -3.03. The van der Waals surface area contributed by atoms with Crippen LogP contribution in [-0.2, 0) is 5.41 Å². The summed E-state index contributed by atoms with van der Waals surface area (Å²) in [4.78, 5) is 0. The maximum absolute atomic E-state index is 6.63. The molecule has 1 heterocycles. The van der Waals surface area contributed by atoms with Gasteiger partial charge in [-0.2, -0.15) is 0 Å². The van der Waals surface area contributed by atoms with E-state index in [9.17, 15) is 0 Å². The van der Waals surface area contributed by atoms with Crippen LogP contribution in [0.1, 0.15) is 25.0 Å². The summed E-state index contributed by atoms with van der Waals surface area (Å²) in [5.74, 6) is 0. The van der Waals surface area contributed by atoms with Crippen molar-refractivity contribution in [2.45, 2.75) is 19.3 Å². The third-order valence-corrected chi connectivity index (χ3v) is 6.62. The molecule has 1 nitrogen and oxygen atoms in total. The summed E-state index contributed by atoms with van der Waals surface area (Å²) < 4.78 is 6.63. The maximum atomic E-state index is 6.63. The van der Waals surface area contributed by atoms with Gasteiger partial charge in [0, 0.05) is 32.3 Å². The summed E-state index contributed by atoms with van der Waals surface area (Å²) in [6.07, 6.45) is 0. The second-order valence-corrected chi connectivity index (χ2v) is 8.76. The normalized spacial score (nSPS) is 14.3. The number of hydrogen-bond acceptors (Lipinski definition) is 1. The second-order valence-electron chi connectivity index (χ2n) is 8.33. The zero-order chi connectivity index (χ0) is 19.8. The third-order valence-electron chi connectivity index (χ3n) is 6.37. The molecule has 0 atom stereocenters. The van der Waals surface area contributed by atoms with Crippen molar-refractivity contribution in [1.82, 2.24) is 0 Å². The standard InChI is InChI=1S/C27H19ClO/c1-27(2)22-9-4-3-6-21(22)24-23(27)15-14-20-19-8-5-7-18(25(19)29-26(20)24)16-10-12-17(28)13-11-16/h3-15H,1-2H3. The predicted molar refractivity (Wildman–Crippen MR) is 122 cm³/mol. The third kappa shape index (κ3) is 2.22. The van der Waals surface area contributed by atoms with Gasteiger partial charge < -0.3 is 4.42 Å². The van der Waals surface area contributed by atoms with E-state index < -0.39 is 0 Å². The van der Waals surface area contributed by atoms with Gasteiger partial charge in [0.05, 0.1) is 0 Å². The largest absolute Gasteiger partial charge is 0.455 e. The SMILES string of the molecule is CC1(C)c2ccccc2-c2c1ccc1c2oc2c(-c3ccc(Cl)cc3)cccc21. The summed E-state index contributed by atoms with van der Waals surface area (Å²) in [5.41, 5.74) is 9.30. The molecule has 140 valence electrons. The van der Waals surface area contributed by atoms with Crippen LogP contribution in [0.4, 0.5) is 0 Å². The van der Waals surface area contributed by atoms with Crippen molar-refractivity contribution in [3.63, 3.8) is 0 Å². The summed E-state index contributed by atoms with van der Waals surface area (Å²) in [7, 11) is 0. The van der Waals surface area contributed by atoms with Crippen LogP contribution in [0.5, 0.6) is 0 Å². The van der Waals surface area contributed by atoms with Crippen molar-refractivity contribution < 1.29 is 4.42 Å². The topological polar surface area (TPSA) is 13.1 Å². The average molecular weight is 395 g/mol. The summed E-state index contributed by atoms with van der Waals surface area (Å²) in [5, 5.41) is 3.06. The first kappa shape index (κ1) is 16.9. The Morgan fingerprint density at radius 2 is 1.38 bits per heavy atom. The number of rotatable bonds is 1. The van der Waals surface area contributed by atoms with Crippen LogP contribution in [0.15, 0.2) is 83.3 Å². The number of halogens is 1. The van der Waals surface area contributed by atoms with Crippen LogP contribution < -0.4 is 0 Å². The highest BCUT2D eigenvalue weighted by Gasteiger charge is 2.37. The molecule has 29 heavy (non-hydrogen) atoms. The van der Waals surface area contributed by atoms with E-state index in [1.807, 2.05) is 24.3 Å². The molecule has 0 amide bonds. The van der Waals surface area contributed by atoms with Gasteiger partial charge in [-0.3, -0.25) is 0 Å². The molecular weight excluding hydrogens is 376 g/mol. The van der Waals surface area contributed by atoms with Crippen LogP contribution >= 0.6 is 11.6 Å². The first-order valence-corrected chi connectivity index (χ1v) is 10.3. The van der Waals surface area contributed by atoms with Crippen LogP contribution in [0.3, 0.4) is 0 Å². The summed E-state index contributed by atoms with van der Waals surface area (Å²) in [6, 6.07) is 27.5. The number of fused-ring (bicyclic) bond motifs is 7.